The summed E-state index contributed by atoms with van der Waals surface area (Å²) in [6, 6.07) is 9.90. The molecule has 6 heteroatoms. The first-order chi connectivity index (χ1) is 15.0. The molecule has 0 spiro atoms. The molecule has 1 aliphatic rings. The summed E-state index contributed by atoms with van der Waals surface area (Å²) in [5, 5.41) is 12.5. The summed E-state index contributed by atoms with van der Waals surface area (Å²) in [7, 11) is 0. The van der Waals surface area contributed by atoms with E-state index >= 15 is 0 Å². The second-order valence-corrected chi connectivity index (χ2v) is 8.30. The number of aromatic nitrogens is 3. The van der Waals surface area contributed by atoms with E-state index in [1.54, 1.807) is 6.08 Å². The monoisotopic (exact) mass is 415 g/mol. The van der Waals surface area contributed by atoms with Crippen LogP contribution in [0.25, 0.3) is 17.1 Å². The average molecular weight is 416 g/mol. The predicted octanol–water partition coefficient (Wildman–Crippen LogP) is 5.14. The molecule has 160 valence electrons. The van der Waals surface area contributed by atoms with E-state index in [0.717, 1.165) is 59.7 Å². The van der Waals surface area contributed by atoms with Crippen molar-refractivity contribution >= 4 is 28.7 Å². The van der Waals surface area contributed by atoms with Crippen LogP contribution < -0.4 is 5.32 Å². The summed E-state index contributed by atoms with van der Waals surface area (Å²) in [6.45, 7) is 8.13. The van der Waals surface area contributed by atoms with Crippen molar-refractivity contribution in [2.45, 2.75) is 66.0 Å². The Bertz CT molecular complexity index is 1200. The molecule has 1 N–H and O–H groups in total. The van der Waals surface area contributed by atoms with Gasteiger partial charge in [-0.3, -0.25) is 4.79 Å². The van der Waals surface area contributed by atoms with Gasteiger partial charge >= 0.3 is 0 Å². The van der Waals surface area contributed by atoms with Gasteiger partial charge in [0.25, 0.3) is 5.91 Å². The van der Waals surface area contributed by atoms with Crippen molar-refractivity contribution < 1.29 is 4.79 Å². The van der Waals surface area contributed by atoms with E-state index in [2.05, 4.69) is 27.4 Å². The van der Waals surface area contributed by atoms with E-state index < -0.39 is 5.91 Å². The zero-order valence-electron chi connectivity index (χ0n) is 18.5. The normalized spacial score (nSPS) is 14.2. The summed E-state index contributed by atoms with van der Waals surface area (Å²) in [5.74, 6) is 0.721. The lowest BCUT2D eigenvalue weighted by molar-refractivity contribution is -0.112. The molecule has 0 bridgehead atoms. The fourth-order valence-corrected chi connectivity index (χ4v) is 4.47. The highest BCUT2D eigenvalue weighted by Gasteiger charge is 2.16. The molecule has 31 heavy (non-hydrogen) atoms. The van der Waals surface area contributed by atoms with E-state index in [0.29, 0.717) is 5.69 Å². The number of amides is 1. The van der Waals surface area contributed by atoms with E-state index in [4.69, 9.17) is 4.98 Å². The number of imidazole rings is 1. The van der Waals surface area contributed by atoms with Crippen molar-refractivity contribution in [2.24, 2.45) is 0 Å². The van der Waals surface area contributed by atoms with Crippen LogP contribution in [-0.2, 0) is 24.3 Å². The van der Waals surface area contributed by atoms with E-state index in [-0.39, 0.29) is 5.57 Å². The molecule has 3 heterocycles. The number of benzene rings is 1. The Labute approximate surface area is 183 Å². The van der Waals surface area contributed by atoms with Crippen LogP contribution in [0.2, 0.25) is 0 Å². The number of nitrogens with zero attached hydrogens (tertiary/aromatic N) is 4. The number of hydrogen-bond donors (Lipinski definition) is 1. The second kappa shape index (κ2) is 8.81. The second-order valence-electron chi connectivity index (χ2n) is 8.30. The van der Waals surface area contributed by atoms with Crippen molar-refractivity contribution in [1.29, 1.82) is 5.26 Å². The minimum Gasteiger partial charge on any atom is -0.349 e. The Hall–Kier alpha value is -3.33. The first kappa shape index (κ1) is 20.9. The molecule has 0 saturated heterocycles. The topological polar surface area (TPSA) is 75.6 Å². The molecule has 0 aliphatic carbocycles. The van der Waals surface area contributed by atoms with Gasteiger partial charge in [-0.05, 0) is 69.0 Å². The SMILES string of the molecule is CCCn1c(C)cc(C=C(C#N)C(=O)Nc2ccc3c(c2)nc2n3CCCCC2)c1C. The summed E-state index contributed by atoms with van der Waals surface area (Å²) in [6.07, 6.45) is 7.29. The molecule has 3 aromatic rings. The van der Waals surface area contributed by atoms with Gasteiger partial charge in [0, 0.05) is 36.6 Å². The third-order valence-electron chi connectivity index (χ3n) is 6.09. The van der Waals surface area contributed by atoms with Crippen molar-refractivity contribution in [3.8, 4) is 6.07 Å². The fourth-order valence-electron chi connectivity index (χ4n) is 4.47. The fraction of sp³-hybridized carbons (Fsp3) is 0.400. The van der Waals surface area contributed by atoms with E-state index in [9.17, 15) is 10.1 Å². The highest BCUT2D eigenvalue weighted by molar-refractivity contribution is 6.10. The van der Waals surface area contributed by atoms with Gasteiger partial charge in [-0.2, -0.15) is 5.26 Å². The molecular weight excluding hydrogens is 386 g/mol. The number of aryl methyl sites for hydroxylation is 3. The maximum absolute atomic E-state index is 12.8. The summed E-state index contributed by atoms with van der Waals surface area (Å²) >= 11 is 0. The standard InChI is InChI=1S/C25H29N5O/c1-4-11-29-17(2)13-19(18(29)3)14-20(16-26)25(31)27-21-9-10-23-22(15-21)28-24-8-6-5-7-12-30(23)24/h9-10,13-15H,4-8,11-12H2,1-3H3,(H,27,31). The Kier molecular flexibility index (Phi) is 5.94. The highest BCUT2D eigenvalue weighted by Crippen LogP contribution is 2.25. The molecule has 0 radical (unpaired) electrons. The lowest BCUT2D eigenvalue weighted by Crippen LogP contribution is -2.13. The lowest BCUT2D eigenvalue weighted by atomic mass is 10.1. The van der Waals surface area contributed by atoms with Gasteiger partial charge in [0.2, 0.25) is 0 Å². The van der Waals surface area contributed by atoms with Crippen LogP contribution in [0, 0.1) is 25.2 Å². The highest BCUT2D eigenvalue weighted by atomic mass is 16.1. The molecular formula is C25H29N5O. The Morgan fingerprint density at radius 2 is 2.10 bits per heavy atom. The lowest BCUT2D eigenvalue weighted by Gasteiger charge is -2.07. The molecule has 0 atom stereocenters. The van der Waals surface area contributed by atoms with Crippen molar-refractivity contribution in [1.82, 2.24) is 14.1 Å². The number of carbonyl (C=O) groups excluding carboxylic acids is 1. The maximum atomic E-state index is 12.8. The molecule has 6 nitrogen and oxygen atoms in total. The number of nitriles is 1. The first-order valence-corrected chi connectivity index (χ1v) is 11.1. The van der Waals surface area contributed by atoms with Crippen LogP contribution in [0.5, 0.6) is 0 Å². The summed E-state index contributed by atoms with van der Waals surface area (Å²) in [4.78, 5) is 17.6. The first-order valence-electron chi connectivity index (χ1n) is 11.1. The van der Waals surface area contributed by atoms with Crippen LogP contribution in [-0.4, -0.2) is 20.0 Å². The van der Waals surface area contributed by atoms with Crippen LogP contribution in [0.15, 0.2) is 29.8 Å². The predicted molar refractivity (Wildman–Crippen MR) is 124 cm³/mol. The number of nitrogens with one attached hydrogen (secondary N) is 1. The number of carbonyl (C=O) groups is 1. The Morgan fingerprint density at radius 3 is 2.87 bits per heavy atom. The number of hydrogen-bond acceptors (Lipinski definition) is 3. The van der Waals surface area contributed by atoms with Crippen LogP contribution >= 0.6 is 0 Å². The van der Waals surface area contributed by atoms with Gasteiger partial charge in [-0.15, -0.1) is 0 Å². The zero-order chi connectivity index (χ0) is 22.0. The average Bonchev–Trinajstić information content (AvgIpc) is 3.11. The summed E-state index contributed by atoms with van der Waals surface area (Å²) in [5.41, 5.74) is 5.86. The van der Waals surface area contributed by atoms with Gasteiger partial charge in [0.05, 0.1) is 11.0 Å². The van der Waals surface area contributed by atoms with Gasteiger partial charge in [-0.1, -0.05) is 13.3 Å². The molecule has 0 fully saturated rings. The van der Waals surface area contributed by atoms with Crippen LogP contribution in [0.4, 0.5) is 5.69 Å². The molecule has 1 aromatic carbocycles. The molecule has 0 unspecified atom stereocenters. The van der Waals surface area contributed by atoms with Crippen molar-refractivity contribution in [2.75, 3.05) is 5.32 Å². The Morgan fingerprint density at radius 1 is 1.26 bits per heavy atom. The third kappa shape index (κ3) is 4.13. The minimum atomic E-state index is -0.400. The Balaban J connectivity index is 1.58. The van der Waals surface area contributed by atoms with Gasteiger partial charge in [-0.25, -0.2) is 4.98 Å². The van der Waals surface area contributed by atoms with Gasteiger partial charge < -0.3 is 14.5 Å². The zero-order valence-corrected chi connectivity index (χ0v) is 18.5. The van der Waals surface area contributed by atoms with E-state index in [1.807, 2.05) is 38.1 Å². The third-order valence-corrected chi connectivity index (χ3v) is 6.09. The smallest absolute Gasteiger partial charge is 0.266 e. The molecule has 1 aliphatic heterocycles. The van der Waals surface area contributed by atoms with E-state index in [1.165, 1.54) is 19.3 Å². The molecule has 1 amide bonds. The molecule has 4 rings (SSSR count). The minimum absolute atomic E-state index is 0.0949. The van der Waals surface area contributed by atoms with Crippen molar-refractivity contribution in [3.05, 3.63) is 52.6 Å². The van der Waals surface area contributed by atoms with Gasteiger partial charge in [0.15, 0.2) is 0 Å². The molecule has 2 aromatic heterocycles. The van der Waals surface area contributed by atoms with Crippen LogP contribution in [0.1, 0.15) is 55.4 Å². The molecule has 0 saturated carbocycles. The number of anilines is 1. The summed E-state index contributed by atoms with van der Waals surface area (Å²) < 4.78 is 4.51. The van der Waals surface area contributed by atoms with Crippen molar-refractivity contribution in [3.63, 3.8) is 0 Å². The number of fused-ring (bicyclic) bond motifs is 3. The number of rotatable bonds is 5. The largest absolute Gasteiger partial charge is 0.349 e. The van der Waals surface area contributed by atoms with Gasteiger partial charge in [0.1, 0.15) is 17.5 Å². The quantitative estimate of drug-likeness (QED) is 0.463. The maximum Gasteiger partial charge on any atom is 0.266 e. The van der Waals surface area contributed by atoms with Crippen LogP contribution in [0.3, 0.4) is 0 Å².